The summed E-state index contributed by atoms with van der Waals surface area (Å²) in [4.78, 5) is 13.6. The lowest BCUT2D eigenvalue weighted by Gasteiger charge is -2.35. The van der Waals surface area contributed by atoms with Crippen molar-refractivity contribution in [1.82, 2.24) is 4.90 Å². The van der Waals surface area contributed by atoms with Crippen LogP contribution in [0.5, 0.6) is 0 Å². The summed E-state index contributed by atoms with van der Waals surface area (Å²) < 4.78 is 10.7. The van der Waals surface area contributed by atoms with Crippen molar-refractivity contribution in [2.45, 2.75) is 51.2 Å². The highest BCUT2D eigenvalue weighted by Crippen LogP contribution is 2.35. The fourth-order valence-corrected chi connectivity index (χ4v) is 2.87. The quantitative estimate of drug-likeness (QED) is 0.790. The fourth-order valence-electron chi connectivity index (χ4n) is 2.87. The molecule has 0 aromatic heterocycles. The number of nitrogens with zero attached hydrogens (tertiary/aromatic N) is 1. The average Bonchev–Trinajstić information content (AvgIpc) is 2.73. The predicted octanol–water partition coefficient (Wildman–Crippen LogP) is 1.78. The molecule has 2 aliphatic heterocycles. The van der Waals surface area contributed by atoms with E-state index in [-0.39, 0.29) is 12.0 Å². The van der Waals surface area contributed by atoms with Crippen molar-refractivity contribution >= 4 is 6.09 Å². The lowest BCUT2D eigenvalue weighted by Crippen LogP contribution is -2.45. The Labute approximate surface area is 114 Å². The van der Waals surface area contributed by atoms with Gasteiger partial charge >= 0.3 is 6.09 Å². The molecule has 0 saturated carbocycles. The molecule has 2 aliphatic rings. The molecule has 2 heterocycles. The zero-order chi connectivity index (χ0) is 14.1. The summed E-state index contributed by atoms with van der Waals surface area (Å²) in [5.74, 6) is 0.230. The summed E-state index contributed by atoms with van der Waals surface area (Å²) in [7, 11) is 0. The number of likely N-dealkylation sites (tertiary alicyclic amines) is 1. The zero-order valence-electron chi connectivity index (χ0n) is 12.1. The molecular formula is C14H25NO4. The Hall–Kier alpha value is -0.810. The van der Waals surface area contributed by atoms with Crippen molar-refractivity contribution in [2.75, 3.05) is 26.3 Å². The normalized spacial score (nSPS) is 29.6. The van der Waals surface area contributed by atoms with Crippen LogP contribution in [0, 0.1) is 5.92 Å². The van der Waals surface area contributed by atoms with Crippen LogP contribution in [0.2, 0.25) is 0 Å². The second kappa shape index (κ2) is 5.29. The van der Waals surface area contributed by atoms with Crippen LogP contribution >= 0.6 is 0 Å². The molecule has 5 heteroatoms. The largest absolute Gasteiger partial charge is 0.444 e. The monoisotopic (exact) mass is 271 g/mol. The molecule has 0 bridgehead atoms. The van der Waals surface area contributed by atoms with Crippen LogP contribution in [0.3, 0.4) is 0 Å². The second-order valence-corrected chi connectivity index (χ2v) is 6.64. The second-order valence-electron chi connectivity index (χ2n) is 6.64. The number of carbonyl (C=O) groups is 1. The van der Waals surface area contributed by atoms with E-state index in [0.29, 0.717) is 32.7 Å². The van der Waals surface area contributed by atoms with Gasteiger partial charge in [0.05, 0.1) is 12.1 Å². The van der Waals surface area contributed by atoms with E-state index in [0.717, 1.165) is 12.8 Å². The zero-order valence-corrected chi connectivity index (χ0v) is 12.1. The number of hydrogen-bond donors (Lipinski definition) is 1. The summed E-state index contributed by atoms with van der Waals surface area (Å²) in [5, 5.41) is 10.7. The van der Waals surface area contributed by atoms with Gasteiger partial charge in [-0.1, -0.05) is 0 Å². The maximum Gasteiger partial charge on any atom is 0.410 e. The number of amides is 1. The van der Waals surface area contributed by atoms with Crippen LogP contribution in [0.4, 0.5) is 4.79 Å². The number of rotatable bonds is 1. The van der Waals surface area contributed by atoms with Gasteiger partial charge in [-0.25, -0.2) is 4.79 Å². The molecule has 1 unspecified atom stereocenters. The van der Waals surface area contributed by atoms with Gasteiger partial charge in [0, 0.05) is 19.8 Å². The van der Waals surface area contributed by atoms with E-state index in [4.69, 9.17) is 9.47 Å². The molecule has 5 nitrogen and oxygen atoms in total. The van der Waals surface area contributed by atoms with Crippen LogP contribution in [0.25, 0.3) is 0 Å². The van der Waals surface area contributed by atoms with Crippen molar-refractivity contribution in [2.24, 2.45) is 5.92 Å². The molecule has 2 fully saturated rings. The SMILES string of the molecule is CC(C)(C)OC(=O)N1CCC(O)(C2CCOCC2)C1. The summed E-state index contributed by atoms with van der Waals surface area (Å²) in [5.41, 5.74) is -1.25. The van der Waals surface area contributed by atoms with Gasteiger partial charge in [-0.2, -0.15) is 0 Å². The molecule has 1 N–H and O–H groups in total. The first-order valence-corrected chi connectivity index (χ1v) is 7.08. The van der Waals surface area contributed by atoms with E-state index in [2.05, 4.69) is 0 Å². The van der Waals surface area contributed by atoms with Crippen molar-refractivity contribution in [3.05, 3.63) is 0 Å². The van der Waals surface area contributed by atoms with Crippen LogP contribution in [0.15, 0.2) is 0 Å². The van der Waals surface area contributed by atoms with E-state index >= 15 is 0 Å². The van der Waals surface area contributed by atoms with Crippen LogP contribution in [-0.2, 0) is 9.47 Å². The molecule has 0 radical (unpaired) electrons. The van der Waals surface area contributed by atoms with E-state index in [1.54, 1.807) is 4.90 Å². The molecule has 2 rings (SSSR count). The van der Waals surface area contributed by atoms with Gasteiger partial charge < -0.3 is 19.5 Å². The highest BCUT2D eigenvalue weighted by Gasteiger charge is 2.45. The van der Waals surface area contributed by atoms with Gasteiger partial charge in [-0.15, -0.1) is 0 Å². The summed E-state index contributed by atoms with van der Waals surface area (Å²) in [6.07, 6.45) is 2.06. The van der Waals surface area contributed by atoms with Gasteiger partial charge in [0.15, 0.2) is 0 Å². The Morgan fingerprint density at radius 1 is 1.37 bits per heavy atom. The van der Waals surface area contributed by atoms with Crippen molar-refractivity contribution in [3.63, 3.8) is 0 Å². The molecule has 1 amide bonds. The van der Waals surface area contributed by atoms with Gasteiger partial charge in [0.1, 0.15) is 5.60 Å². The number of aliphatic hydroxyl groups is 1. The van der Waals surface area contributed by atoms with E-state index < -0.39 is 11.2 Å². The molecular weight excluding hydrogens is 246 g/mol. The lowest BCUT2D eigenvalue weighted by molar-refractivity contribution is -0.0590. The van der Waals surface area contributed by atoms with Gasteiger partial charge in [0.2, 0.25) is 0 Å². The average molecular weight is 271 g/mol. The maximum absolute atomic E-state index is 12.0. The molecule has 0 aromatic rings. The molecule has 19 heavy (non-hydrogen) atoms. The van der Waals surface area contributed by atoms with E-state index in [9.17, 15) is 9.90 Å². The first kappa shape index (κ1) is 14.6. The van der Waals surface area contributed by atoms with E-state index in [1.165, 1.54) is 0 Å². The van der Waals surface area contributed by atoms with Crippen molar-refractivity contribution in [1.29, 1.82) is 0 Å². The Morgan fingerprint density at radius 2 is 2.00 bits per heavy atom. The molecule has 0 aliphatic carbocycles. The Balaban J connectivity index is 1.93. The third kappa shape index (κ3) is 3.60. The molecule has 1 atom stereocenters. The van der Waals surface area contributed by atoms with Crippen LogP contribution in [-0.4, -0.2) is 53.6 Å². The third-order valence-electron chi connectivity index (χ3n) is 3.91. The summed E-state index contributed by atoms with van der Waals surface area (Å²) >= 11 is 0. The summed E-state index contributed by atoms with van der Waals surface area (Å²) in [6.45, 7) is 7.93. The van der Waals surface area contributed by atoms with Gasteiger partial charge in [-0.05, 0) is 46.0 Å². The number of ether oxygens (including phenoxy) is 2. The maximum atomic E-state index is 12.0. The van der Waals surface area contributed by atoms with Crippen LogP contribution in [0.1, 0.15) is 40.0 Å². The third-order valence-corrected chi connectivity index (χ3v) is 3.91. The van der Waals surface area contributed by atoms with Gasteiger partial charge in [-0.3, -0.25) is 0 Å². The molecule has 0 spiro atoms. The van der Waals surface area contributed by atoms with Crippen molar-refractivity contribution in [3.8, 4) is 0 Å². The highest BCUT2D eigenvalue weighted by molar-refractivity contribution is 5.68. The topological polar surface area (TPSA) is 59.0 Å². The number of β-amino-alcohol motifs (C(OH)–C–C–N with tert-alkyl or cyclic N) is 1. The molecule has 2 saturated heterocycles. The first-order chi connectivity index (χ1) is 8.80. The smallest absolute Gasteiger partial charge is 0.410 e. The fraction of sp³-hybridized carbons (Fsp3) is 0.929. The Kier molecular flexibility index (Phi) is 4.06. The van der Waals surface area contributed by atoms with Crippen LogP contribution < -0.4 is 0 Å². The standard InChI is InChI=1S/C14H25NO4/c1-13(2,3)19-12(16)15-7-6-14(17,10-15)11-4-8-18-9-5-11/h11,17H,4-10H2,1-3H3. The minimum absolute atomic E-state index is 0.230. The first-order valence-electron chi connectivity index (χ1n) is 7.08. The Bertz CT molecular complexity index is 333. The highest BCUT2D eigenvalue weighted by atomic mass is 16.6. The Morgan fingerprint density at radius 3 is 2.58 bits per heavy atom. The van der Waals surface area contributed by atoms with E-state index in [1.807, 2.05) is 20.8 Å². The predicted molar refractivity (Wildman–Crippen MR) is 70.9 cm³/mol. The number of hydrogen-bond acceptors (Lipinski definition) is 4. The number of carbonyl (C=O) groups excluding carboxylic acids is 1. The summed E-state index contributed by atoms with van der Waals surface area (Å²) in [6, 6.07) is 0. The minimum Gasteiger partial charge on any atom is -0.444 e. The van der Waals surface area contributed by atoms with Crippen molar-refractivity contribution < 1.29 is 19.4 Å². The molecule has 110 valence electrons. The lowest BCUT2D eigenvalue weighted by atomic mass is 9.81. The molecule has 0 aromatic carbocycles. The minimum atomic E-state index is -0.763. The van der Waals surface area contributed by atoms with Gasteiger partial charge in [0.25, 0.3) is 0 Å².